The zero-order valence-electron chi connectivity index (χ0n) is 14.8. The van der Waals surface area contributed by atoms with Gasteiger partial charge in [-0.1, -0.05) is 35.9 Å². The third-order valence-electron chi connectivity index (χ3n) is 4.27. The maximum absolute atomic E-state index is 12.5. The number of nitrogens with zero attached hydrogens (tertiary/aromatic N) is 1. The van der Waals surface area contributed by atoms with Gasteiger partial charge in [0.05, 0.1) is 23.4 Å². The lowest BCUT2D eigenvalue weighted by Crippen LogP contribution is -2.34. The van der Waals surface area contributed by atoms with Gasteiger partial charge in [0.25, 0.3) is 0 Å². The Hall–Kier alpha value is -2.06. The molecule has 0 amide bonds. The van der Waals surface area contributed by atoms with Gasteiger partial charge in [-0.2, -0.15) is 0 Å². The lowest BCUT2D eigenvalue weighted by molar-refractivity contribution is 0.592. The molecule has 140 valence electrons. The summed E-state index contributed by atoms with van der Waals surface area (Å²) in [4.78, 5) is 0. The van der Waals surface area contributed by atoms with Crippen molar-refractivity contribution >= 4 is 31.4 Å². The van der Waals surface area contributed by atoms with Crippen molar-refractivity contribution in [1.82, 2.24) is 0 Å². The number of rotatable bonds is 5. The van der Waals surface area contributed by atoms with Crippen LogP contribution in [0.5, 0.6) is 0 Å². The van der Waals surface area contributed by atoms with Crippen molar-refractivity contribution < 1.29 is 16.8 Å². The lowest BCUT2D eigenvalue weighted by Gasteiger charge is -2.29. The minimum absolute atomic E-state index is 0.137. The molecule has 26 heavy (non-hydrogen) atoms. The van der Waals surface area contributed by atoms with Gasteiger partial charge in [-0.05, 0) is 43.0 Å². The summed E-state index contributed by atoms with van der Waals surface area (Å²) in [5.74, 6) is -0.137. The Kier molecular flexibility index (Phi) is 4.98. The second-order valence-corrected chi connectivity index (χ2v) is 10.3. The van der Waals surface area contributed by atoms with Crippen LogP contribution in [0.4, 0.5) is 11.4 Å². The van der Waals surface area contributed by atoms with E-state index in [0.717, 1.165) is 30.2 Å². The van der Waals surface area contributed by atoms with E-state index in [1.807, 2.05) is 25.1 Å². The van der Waals surface area contributed by atoms with Crippen molar-refractivity contribution in [3.05, 3.63) is 59.2 Å². The van der Waals surface area contributed by atoms with Gasteiger partial charge in [-0.25, -0.2) is 16.8 Å². The highest BCUT2D eigenvalue weighted by atomic mass is 32.2. The van der Waals surface area contributed by atoms with E-state index in [1.54, 1.807) is 24.3 Å². The van der Waals surface area contributed by atoms with E-state index in [0.29, 0.717) is 23.5 Å². The molecule has 0 spiro atoms. The average Bonchev–Trinajstić information content (AvgIpc) is 2.52. The molecule has 0 aliphatic carbocycles. The number of sulfonamides is 2. The van der Waals surface area contributed by atoms with Crippen molar-refractivity contribution in [2.45, 2.75) is 25.5 Å². The first-order valence-corrected chi connectivity index (χ1v) is 11.8. The average molecular weight is 395 g/mol. The molecular formula is C18H22N2O4S2. The number of hydrogen-bond donors (Lipinski definition) is 1. The van der Waals surface area contributed by atoms with Crippen LogP contribution in [-0.4, -0.2) is 29.6 Å². The summed E-state index contributed by atoms with van der Waals surface area (Å²) in [6.45, 7) is 2.32. The van der Waals surface area contributed by atoms with E-state index in [-0.39, 0.29) is 5.75 Å². The fourth-order valence-electron chi connectivity index (χ4n) is 3.19. The Bertz CT molecular complexity index is 1030. The second-order valence-electron chi connectivity index (χ2n) is 6.63. The topological polar surface area (TPSA) is 83.6 Å². The molecule has 8 heteroatoms. The highest BCUT2D eigenvalue weighted by Crippen LogP contribution is 2.32. The van der Waals surface area contributed by atoms with E-state index < -0.39 is 20.0 Å². The molecule has 0 bridgehead atoms. The van der Waals surface area contributed by atoms with E-state index in [2.05, 4.69) is 4.72 Å². The first-order chi connectivity index (χ1) is 12.1. The molecule has 0 unspecified atom stereocenters. The van der Waals surface area contributed by atoms with Gasteiger partial charge in [0.1, 0.15) is 0 Å². The van der Waals surface area contributed by atoms with Gasteiger partial charge in [0, 0.05) is 6.54 Å². The molecule has 0 saturated heterocycles. The molecule has 2 aromatic rings. The van der Waals surface area contributed by atoms with Gasteiger partial charge in [0.15, 0.2) is 0 Å². The number of benzene rings is 2. The number of nitrogens with one attached hydrogen (secondary N) is 1. The molecule has 0 atom stereocenters. The number of fused-ring (bicyclic) bond motifs is 1. The van der Waals surface area contributed by atoms with Crippen molar-refractivity contribution in [1.29, 1.82) is 0 Å². The number of hydrogen-bond acceptors (Lipinski definition) is 4. The summed E-state index contributed by atoms with van der Waals surface area (Å²) in [6, 6.07) is 12.4. The molecule has 2 aromatic carbocycles. The summed E-state index contributed by atoms with van der Waals surface area (Å²) < 4.78 is 52.9. The van der Waals surface area contributed by atoms with E-state index in [4.69, 9.17) is 0 Å². The van der Waals surface area contributed by atoms with Gasteiger partial charge in [-0.15, -0.1) is 0 Å². The van der Waals surface area contributed by atoms with Crippen LogP contribution in [0.2, 0.25) is 0 Å². The van der Waals surface area contributed by atoms with Crippen LogP contribution in [0.1, 0.15) is 23.1 Å². The van der Waals surface area contributed by atoms with E-state index >= 15 is 0 Å². The minimum atomic E-state index is -3.60. The molecule has 1 aliphatic heterocycles. The first kappa shape index (κ1) is 18.7. The van der Waals surface area contributed by atoms with Crippen LogP contribution in [0.15, 0.2) is 42.5 Å². The standard InChI is InChI=1S/C18H22N2O4S2/c1-14-5-3-6-15(11-14)13-26(23,24)19-17-9-8-16-7-4-10-20(18(16)12-17)25(2,21)22/h3,5-6,8-9,11-12,19H,4,7,10,13H2,1-2H3. The summed E-state index contributed by atoms with van der Waals surface area (Å²) >= 11 is 0. The molecule has 0 saturated carbocycles. The third-order valence-corrected chi connectivity index (χ3v) is 6.71. The zero-order chi connectivity index (χ0) is 18.9. The van der Waals surface area contributed by atoms with Crippen molar-refractivity contribution in [2.75, 3.05) is 21.8 Å². The van der Waals surface area contributed by atoms with Crippen LogP contribution >= 0.6 is 0 Å². The third kappa shape index (κ3) is 4.37. The summed E-state index contributed by atoms with van der Waals surface area (Å²) in [6.07, 6.45) is 2.69. The van der Waals surface area contributed by atoms with E-state index in [1.165, 1.54) is 4.31 Å². The maximum Gasteiger partial charge on any atom is 0.236 e. The summed E-state index contributed by atoms with van der Waals surface area (Å²) in [7, 11) is -7.00. The molecule has 1 N–H and O–H groups in total. The molecule has 3 rings (SSSR count). The predicted octanol–water partition coefficient (Wildman–Crippen LogP) is 2.65. The van der Waals surface area contributed by atoms with Gasteiger partial charge < -0.3 is 0 Å². The van der Waals surface area contributed by atoms with Crippen molar-refractivity contribution in [2.24, 2.45) is 0 Å². The zero-order valence-corrected chi connectivity index (χ0v) is 16.4. The Morgan fingerprint density at radius 2 is 1.85 bits per heavy atom. The normalized spacial score (nSPS) is 14.8. The fraction of sp³-hybridized carbons (Fsp3) is 0.333. The highest BCUT2D eigenvalue weighted by molar-refractivity contribution is 7.92. The lowest BCUT2D eigenvalue weighted by atomic mass is 10.0. The minimum Gasteiger partial charge on any atom is -0.283 e. The van der Waals surface area contributed by atoms with Crippen LogP contribution in [-0.2, 0) is 32.2 Å². The summed E-state index contributed by atoms with van der Waals surface area (Å²) in [5.41, 5.74) is 3.52. The van der Waals surface area contributed by atoms with Gasteiger partial charge in [0.2, 0.25) is 20.0 Å². The van der Waals surface area contributed by atoms with Crippen LogP contribution in [0.25, 0.3) is 0 Å². The van der Waals surface area contributed by atoms with Gasteiger partial charge >= 0.3 is 0 Å². The van der Waals surface area contributed by atoms with Crippen LogP contribution in [0.3, 0.4) is 0 Å². The smallest absolute Gasteiger partial charge is 0.236 e. The molecule has 1 aliphatic rings. The van der Waals surface area contributed by atoms with Gasteiger partial charge in [-0.3, -0.25) is 9.03 Å². The molecule has 0 radical (unpaired) electrons. The Labute approximate surface area is 155 Å². The Morgan fingerprint density at radius 3 is 2.54 bits per heavy atom. The largest absolute Gasteiger partial charge is 0.283 e. The molecule has 6 nitrogen and oxygen atoms in total. The number of anilines is 2. The molecule has 0 fully saturated rings. The van der Waals surface area contributed by atoms with Crippen LogP contribution < -0.4 is 9.03 Å². The maximum atomic E-state index is 12.5. The fourth-order valence-corrected chi connectivity index (χ4v) is 5.35. The quantitative estimate of drug-likeness (QED) is 0.845. The van der Waals surface area contributed by atoms with Crippen molar-refractivity contribution in [3.8, 4) is 0 Å². The van der Waals surface area contributed by atoms with Crippen LogP contribution in [0, 0.1) is 6.92 Å². The molecule has 0 aromatic heterocycles. The SMILES string of the molecule is Cc1cccc(CS(=O)(=O)Nc2ccc3c(c2)N(S(C)(=O)=O)CCC3)c1. The van der Waals surface area contributed by atoms with Crippen molar-refractivity contribution in [3.63, 3.8) is 0 Å². The molecular weight excluding hydrogens is 372 g/mol. The monoisotopic (exact) mass is 394 g/mol. The number of aryl methyl sites for hydroxylation is 2. The highest BCUT2D eigenvalue weighted by Gasteiger charge is 2.24. The van der Waals surface area contributed by atoms with E-state index in [9.17, 15) is 16.8 Å². The Balaban J connectivity index is 1.86. The Morgan fingerprint density at radius 1 is 1.08 bits per heavy atom. The molecule has 1 heterocycles. The summed E-state index contributed by atoms with van der Waals surface area (Å²) in [5, 5.41) is 0. The second kappa shape index (κ2) is 6.92. The first-order valence-electron chi connectivity index (χ1n) is 8.31. The predicted molar refractivity (Wildman–Crippen MR) is 104 cm³/mol.